The fraction of sp³-hybridized carbons (Fsp3) is 0.391. The summed E-state index contributed by atoms with van der Waals surface area (Å²) in [6, 6.07) is 14.7. The molecule has 0 fully saturated rings. The van der Waals surface area contributed by atoms with Crippen molar-refractivity contribution in [3.05, 3.63) is 54.6 Å². The van der Waals surface area contributed by atoms with E-state index in [-0.39, 0.29) is 11.4 Å². The van der Waals surface area contributed by atoms with Crippen molar-refractivity contribution in [3.8, 4) is 5.75 Å². The molecule has 0 heterocycles. The maximum atomic E-state index is 13.3. The van der Waals surface area contributed by atoms with Gasteiger partial charge in [0.25, 0.3) is 15.9 Å². The van der Waals surface area contributed by atoms with Crippen molar-refractivity contribution in [2.75, 3.05) is 17.5 Å². The molecule has 0 unspecified atom stereocenters. The topological polar surface area (TPSA) is 88.1 Å². The molecule has 0 saturated carbocycles. The first kappa shape index (κ1) is 24.4. The molecule has 168 valence electrons. The smallest absolute Gasteiger partial charge is 0.264 e. The first-order chi connectivity index (χ1) is 14.9. The lowest BCUT2D eigenvalue weighted by Crippen LogP contribution is -2.39. The standard InChI is InChI=1S/C23H31N3O4S/c1-4-10-19(11-5-2)24-25-23(27)18-26(20-14-16-21(17-15-20)30-6-3)31(28,29)22-12-8-7-9-13-22/h7-9,12-17H,4-6,10-11,18H2,1-3H3,(H,25,27). The van der Waals surface area contributed by atoms with Gasteiger partial charge in [-0.15, -0.1) is 0 Å². The van der Waals surface area contributed by atoms with Gasteiger partial charge < -0.3 is 4.74 Å². The Kier molecular flexibility index (Phi) is 9.52. The van der Waals surface area contributed by atoms with E-state index in [0.717, 1.165) is 35.7 Å². The van der Waals surface area contributed by atoms with Gasteiger partial charge in [-0.2, -0.15) is 5.10 Å². The van der Waals surface area contributed by atoms with Crippen LogP contribution < -0.4 is 14.5 Å². The molecule has 2 aromatic rings. The molecule has 8 heteroatoms. The van der Waals surface area contributed by atoms with Crippen molar-refractivity contribution in [3.63, 3.8) is 0 Å². The predicted octanol–water partition coefficient (Wildman–Crippen LogP) is 4.35. The fourth-order valence-corrected chi connectivity index (χ4v) is 4.47. The maximum absolute atomic E-state index is 13.3. The number of benzene rings is 2. The number of ether oxygens (including phenoxy) is 1. The lowest BCUT2D eigenvalue weighted by molar-refractivity contribution is -0.119. The predicted molar refractivity (Wildman–Crippen MR) is 124 cm³/mol. The largest absolute Gasteiger partial charge is 0.494 e. The van der Waals surface area contributed by atoms with Crippen molar-refractivity contribution < 1.29 is 17.9 Å². The van der Waals surface area contributed by atoms with Crippen molar-refractivity contribution in [2.24, 2.45) is 5.10 Å². The SMILES string of the molecule is CCCC(CCC)=NNC(=O)CN(c1ccc(OCC)cc1)S(=O)(=O)c1ccccc1. The van der Waals surface area contributed by atoms with Crippen LogP contribution in [0.15, 0.2) is 64.6 Å². The Balaban J connectivity index is 2.31. The number of amides is 1. The van der Waals surface area contributed by atoms with E-state index in [0.29, 0.717) is 18.0 Å². The lowest BCUT2D eigenvalue weighted by Gasteiger charge is -2.24. The fourth-order valence-electron chi connectivity index (χ4n) is 3.03. The number of sulfonamides is 1. The number of hydrazone groups is 1. The molecule has 2 aromatic carbocycles. The second kappa shape index (κ2) is 12.1. The Morgan fingerprint density at radius 2 is 1.58 bits per heavy atom. The Labute approximate surface area is 185 Å². The summed E-state index contributed by atoms with van der Waals surface area (Å²) >= 11 is 0. The summed E-state index contributed by atoms with van der Waals surface area (Å²) in [6.07, 6.45) is 3.43. The van der Waals surface area contributed by atoms with Crippen LogP contribution in [-0.2, 0) is 14.8 Å². The second-order valence-electron chi connectivity index (χ2n) is 6.96. The third kappa shape index (κ3) is 7.10. The van der Waals surface area contributed by atoms with E-state index in [1.807, 2.05) is 20.8 Å². The van der Waals surface area contributed by atoms with Gasteiger partial charge in [-0.1, -0.05) is 44.9 Å². The first-order valence-electron chi connectivity index (χ1n) is 10.6. The molecule has 31 heavy (non-hydrogen) atoms. The van der Waals surface area contributed by atoms with E-state index in [9.17, 15) is 13.2 Å². The highest BCUT2D eigenvalue weighted by Gasteiger charge is 2.27. The average molecular weight is 446 g/mol. The molecule has 0 aliphatic carbocycles. The number of hydrogen-bond acceptors (Lipinski definition) is 5. The molecule has 7 nitrogen and oxygen atoms in total. The van der Waals surface area contributed by atoms with Crippen LogP contribution in [0.4, 0.5) is 5.69 Å². The van der Waals surface area contributed by atoms with E-state index in [1.54, 1.807) is 42.5 Å². The molecule has 0 aliphatic rings. The molecule has 0 radical (unpaired) electrons. The van der Waals surface area contributed by atoms with Crippen LogP contribution in [0, 0.1) is 0 Å². The zero-order chi connectivity index (χ0) is 22.7. The maximum Gasteiger partial charge on any atom is 0.264 e. The normalized spacial score (nSPS) is 10.9. The van der Waals surface area contributed by atoms with E-state index < -0.39 is 15.9 Å². The highest BCUT2D eigenvalue weighted by Crippen LogP contribution is 2.25. The van der Waals surface area contributed by atoms with Crippen LogP contribution in [0.5, 0.6) is 5.75 Å². The summed E-state index contributed by atoms with van der Waals surface area (Å²) < 4.78 is 33.1. The summed E-state index contributed by atoms with van der Waals surface area (Å²) in [5, 5.41) is 4.22. The van der Waals surface area contributed by atoms with Crippen LogP contribution in [0.25, 0.3) is 0 Å². The highest BCUT2D eigenvalue weighted by atomic mass is 32.2. The molecule has 0 spiro atoms. The van der Waals surface area contributed by atoms with Crippen molar-refractivity contribution >= 4 is 27.3 Å². The Bertz CT molecular complexity index is 950. The van der Waals surface area contributed by atoms with Crippen LogP contribution in [0.2, 0.25) is 0 Å². The van der Waals surface area contributed by atoms with Gasteiger partial charge in [0.1, 0.15) is 12.3 Å². The van der Waals surface area contributed by atoms with Gasteiger partial charge in [0.05, 0.1) is 17.2 Å². The van der Waals surface area contributed by atoms with E-state index in [4.69, 9.17) is 4.74 Å². The third-order valence-corrected chi connectivity index (χ3v) is 6.26. The zero-order valence-electron chi connectivity index (χ0n) is 18.4. The van der Waals surface area contributed by atoms with Gasteiger partial charge in [-0.25, -0.2) is 13.8 Å². The summed E-state index contributed by atoms with van der Waals surface area (Å²) in [7, 11) is -3.95. The van der Waals surface area contributed by atoms with Gasteiger partial charge in [-0.05, 0) is 56.2 Å². The Hall–Kier alpha value is -2.87. The third-order valence-electron chi connectivity index (χ3n) is 4.47. The van der Waals surface area contributed by atoms with Crippen molar-refractivity contribution in [2.45, 2.75) is 51.3 Å². The summed E-state index contributed by atoms with van der Waals surface area (Å²) in [5.74, 6) is 0.124. The number of carbonyl (C=O) groups excluding carboxylic acids is 1. The second-order valence-corrected chi connectivity index (χ2v) is 8.83. The minimum Gasteiger partial charge on any atom is -0.494 e. The van der Waals surface area contributed by atoms with Crippen LogP contribution in [-0.4, -0.2) is 33.2 Å². The molecule has 2 rings (SSSR count). The number of hydrogen-bond donors (Lipinski definition) is 1. The molecular formula is C23H31N3O4S. The van der Waals surface area contributed by atoms with E-state index in [1.165, 1.54) is 12.1 Å². The molecular weight excluding hydrogens is 414 g/mol. The molecule has 0 saturated heterocycles. The molecule has 0 aliphatic heterocycles. The van der Waals surface area contributed by atoms with E-state index in [2.05, 4.69) is 10.5 Å². The van der Waals surface area contributed by atoms with Gasteiger partial charge in [0, 0.05) is 5.71 Å². The quantitative estimate of drug-likeness (QED) is 0.388. The summed E-state index contributed by atoms with van der Waals surface area (Å²) in [4.78, 5) is 12.7. The molecule has 0 aromatic heterocycles. The van der Waals surface area contributed by atoms with Gasteiger partial charge in [-0.3, -0.25) is 9.10 Å². The zero-order valence-corrected chi connectivity index (χ0v) is 19.2. The highest BCUT2D eigenvalue weighted by molar-refractivity contribution is 7.92. The molecule has 0 atom stereocenters. The molecule has 1 amide bonds. The van der Waals surface area contributed by atoms with Crippen molar-refractivity contribution in [1.29, 1.82) is 0 Å². The number of anilines is 1. The molecule has 1 N–H and O–H groups in total. The van der Waals surface area contributed by atoms with Crippen molar-refractivity contribution in [1.82, 2.24) is 5.43 Å². The number of nitrogens with one attached hydrogen (secondary N) is 1. The molecule has 0 bridgehead atoms. The minimum absolute atomic E-state index is 0.109. The van der Waals surface area contributed by atoms with Gasteiger partial charge in [0.15, 0.2) is 0 Å². The number of rotatable bonds is 12. The first-order valence-corrected chi connectivity index (χ1v) is 12.0. The Morgan fingerprint density at radius 3 is 2.13 bits per heavy atom. The minimum atomic E-state index is -3.95. The lowest BCUT2D eigenvalue weighted by atomic mass is 10.1. The van der Waals surface area contributed by atoms with Gasteiger partial charge in [0.2, 0.25) is 0 Å². The van der Waals surface area contributed by atoms with Gasteiger partial charge >= 0.3 is 0 Å². The van der Waals surface area contributed by atoms with Crippen LogP contribution >= 0.6 is 0 Å². The number of carbonyl (C=O) groups is 1. The number of nitrogens with zero attached hydrogens (tertiary/aromatic N) is 2. The summed E-state index contributed by atoms with van der Waals surface area (Å²) in [6.45, 7) is 6.08. The van der Waals surface area contributed by atoms with Crippen LogP contribution in [0.1, 0.15) is 46.5 Å². The van der Waals surface area contributed by atoms with E-state index >= 15 is 0 Å². The monoisotopic (exact) mass is 445 g/mol. The average Bonchev–Trinajstić information content (AvgIpc) is 2.77. The summed E-state index contributed by atoms with van der Waals surface area (Å²) in [5.41, 5.74) is 3.80. The van der Waals surface area contributed by atoms with Crippen LogP contribution in [0.3, 0.4) is 0 Å². The Morgan fingerprint density at radius 1 is 0.968 bits per heavy atom.